The van der Waals surface area contributed by atoms with Gasteiger partial charge >= 0.3 is 0 Å². The predicted octanol–water partition coefficient (Wildman–Crippen LogP) is 3.06. The minimum absolute atomic E-state index is 0.0568. The van der Waals surface area contributed by atoms with Crippen LogP contribution in [0.5, 0.6) is 5.75 Å². The molecule has 1 unspecified atom stereocenters. The summed E-state index contributed by atoms with van der Waals surface area (Å²) in [6.07, 6.45) is 2.07. The zero-order valence-corrected chi connectivity index (χ0v) is 18.4. The maximum atomic E-state index is 12.4. The minimum atomic E-state index is -0.231. The van der Waals surface area contributed by atoms with Crippen LogP contribution >= 0.6 is 0 Å². The van der Waals surface area contributed by atoms with Crippen molar-refractivity contribution in [2.24, 2.45) is 0 Å². The molecule has 0 saturated carbocycles. The fourth-order valence-electron chi connectivity index (χ4n) is 3.33. The Hall–Kier alpha value is -3.10. The summed E-state index contributed by atoms with van der Waals surface area (Å²) in [5.74, 6) is 0.240. The molecule has 0 spiro atoms. The van der Waals surface area contributed by atoms with Crippen LogP contribution in [0.1, 0.15) is 30.1 Å². The summed E-state index contributed by atoms with van der Waals surface area (Å²) in [7, 11) is 0. The predicted molar refractivity (Wildman–Crippen MR) is 123 cm³/mol. The molecule has 172 valence electrons. The van der Waals surface area contributed by atoms with Gasteiger partial charge in [-0.05, 0) is 50.1 Å². The molecule has 0 aliphatic carbocycles. The highest BCUT2D eigenvalue weighted by atomic mass is 16.5. The third-order valence-corrected chi connectivity index (χ3v) is 4.94. The number of nitrogens with one attached hydrogen (secondary N) is 3. The van der Waals surface area contributed by atoms with E-state index in [2.05, 4.69) is 16.0 Å². The van der Waals surface area contributed by atoms with Gasteiger partial charge in [0.1, 0.15) is 12.4 Å². The van der Waals surface area contributed by atoms with Crippen molar-refractivity contribution in [3.8, 4) is 5.75 Å². The van der Waals surface area contributed by atoms with Gasteiger partial charge in [-0.1, -0.05) is 18.2 Å². The van der Waals surface area contributed by atoms with Gasteiger partial charge in [0.2, 0.25) is 5.91 Å². The fourth-order valence-corrected chi connectivity index (χ4v) is 3.33. The van der Waals surface area contributed by atoms with Crippen LogP contribution in [-0.4, -0.2) is 57.4 Å². The van der Waals surface area contributed by atoms with Crippen molar-refractivity contribution in [2.45, 2.75) is 25.9 Å². The molecule has 8 nitrogen and oxygen atoms in total. The number of hydrogen-bond donors (Lipinski definition) is 3. The van der Waals surface area contributed by atoms with Crippen molar-refractivity contribution in [3.05, 3.63) is 54.1 Å². The first-order chi connectivity index (χ1) is 15.7. The van der Waals surface area contributed by atoms with E-state index in [9.17, 15) is 9.59 Å². The van der Waals surface area contributed by atoms with E-state index in [0.29, 0.717) is 43.4 Å². The van der Waals surface area contributed by atoms with E-state index in [1.807, 2.05) is 31.2 Å². The zero-order chi connectivity index (χ0) is 22.6. The summed E-state index contributed by atoms with van der Waals surface area (Å²) in [6, 6.07) is 14.3. The highest BCUT2D eigenvalue weighted by Crippen LogP contribution is 2.23. The van der Waals surface area contributed by atoms with E-state index in [-0.39, 0.29) is 24.5 Å². The third-order valence-electron chi connectivity index (χ3n) is 4.94. The molecule has 2 amide bonds. The van der Waals surface area contributed by atoms with Crippen molar-refractivity contribution >= 4 is 23.2 Å². The number of amides is 2. The average molecular weight is 442 g/mol. The van der Waals surface area contributed by atoms with E-state index in [0.717, 1.165) is 25.1 Å². The molecule has 1 fully saturated rings. The number of rotatable bonds is 12. The Morgan fingerprint density at radius 3 is 2.81 bits per heavy atom. The monoisotopic (exact) mass is 441 g/mol. The van der Waals surface area contributed by atoms with Gasteiger partial charge in [-0.2, -0.15) is 0 Å². The number of anilines is 2. The largest absolute Gasteiger partial charge is 0.489 e. The van der Waals surface area contributed by atoms with Crippen LogP contribution in [0.4, 0.5) is 11.4 Å². The standard InChI is InChI=1S/C24H31N3O5/c1-2-30-13-14-32-22-11-4-3-10-21(22)25-17-23(28)27-19-8-5-7-18(15-19)24(29)26-16-20-9-6-12-31-20/h3-5,7-8,10-11,15,20,25H,2,6,9,12-14,16-17H2,1H3,(H,26,29)(H,27,28). The molecular formula is C24H31N3O5. The Morgan fingerprint density at radius 1 is 1.12 bits per heavy atom. The lowest BCUT2D eigenvalue weighted by molar-refractivity contribution is -0.114. The molecule has 2 aromatic rings. The van der Waals surface area contributed by atoms with Gasteiger partial charge in [-0.3, -0.25) is 9.59 Å². The molecule has 1 saturated heterocycles. The lowest BCUT2D eigenvalue weighted by atomic mass is 10.1. The molecule has 0 radical (unpaired) electrons. The smallest absolute Gasteiger partial charge is 0.251 e. The molecule has 3 rings (SSSR count). The second-order valence-electron chi connectivity index (χ2n) is 7.37. The second-order valence-corrected chi connectivity index (χ2v) is 7.37. The lowest BCUT2D eigenvalue weighted by Gasteiger charge is -2.14. The molecule has 8 heteroatoms. The van der Waals surface area contributed by atoms with Gasteiger partial charge in [0.15, 0.2) is 0 Å². The first-order valence-electron chi connectivity index (χ1n) is 11.0. The van der Waals surface area contributed by atoms with Gasteiger partial charge < -0.3 is 30.2 Å². The minimum Gasteiger partial charge on any atom is -0.489 e. The molecule has 1 aliphatic rings. The highest BCUT2D eigenvalue weighted by Gasteiger charge is 2.17. The van der Waals surface area contributed by atoms with Crippen LogP contribution in [-0.2, 0) is 14.3 Å². The van der Waals surface area contributed by atoms with Crippen molar-refractivity contribution in [2.75, 3.05) is 50.2 Å². The van der Waals surface area contributed by atoms with Gasteiger partial charge in [0, 0.05) is 31.0 Å². The number of ether oxygens (including phenoxy) is 3. The van der Waals surface area contributed by atoms with Gasteiger partial charge in [0.05, 0.1) is 24.9 Å². The quantitative estimate of drug-likeness (QED) is 0.438. The maximum absolute atomic E-state index is 12.4. The molecule has 1 atom stereocenters. The van der Waals surface area contributed by atoms with Gasteiger partial charge in [-0.25, -0.2) is 0 Å². The fraction of sp³-hybridized carbons (Fsp3) is 0.417. The Labute approximate surface area is 188 Å². The Balaban J connectivity index is 1.48. The second kappa shape index (κ2) is 12.7. The molecule has 2 aromatic carbocycles. The summed E-state index contributed by atoms with van der Waals surface area (Å²) in [4.78, 5) is 24.8. The number of carbonyl (C=O) groups is 2. The summed E-state index contributed by atoms with van der Waals surface area (Å²) in [6.45, 7) is 4.80. The topological polar surface area (TPSA) is 97.9 Å². The van der Waals surface area contributed by atoms with Crippen molar-refractivity contribution < 1.29 is 23.8 Å². The molecule has 3 N–H and O–H groups in total. The van der Waals surface area contributed by atoms with Crippen LogP contribution < -0.4 is 20.7 Å². The molecular weight excluding hydrogens is 410 g/mol. The molecule has 32 heavy (non-hydrogen) atoms. The number of carbonyl (C=O) groups excluding carboxylic acids is 2. The van der Waals surface area contributed by atoms with Crippen LogP contribution in [0, 0.1) is 0 Å². The normalized spacial score (nSPS) is 15.2. The summed E-state index contributed by atoms with van der Waals surface area (Å²) in [5, 5.41) is 8.80. The van der Waals surface area contributed by atoms with Crippen LogP contribution in [0.25, 0.3) is 0 Å². The maximum Gasteiger partial charge on any atom is 0.251 e. The first-order valence-corrected chi connectivity index (χ1v) is 11.0. The highest BCUT2D eigenvalue weighted by molar-refractivity contribution is 5.98. The van der Waals surface area contributed by atoms with Crippen LogP contribution in [0.15, 0.2) is 48.5 Å². The Kier molecular flexibility index (Phi) is 9.34. The molecule has 0 aromatic heterocycles. The van der Waals surface area contributed by atoms with Crippen LogP contribution in [0.2, 0.25) is 0 Å². The number of para-hydroxylation sites is 2. The third kappa shape index (κ3) is 7.55. The van der Waals surface area contributed by atoms with Crippen molar-refractivity contribution in [3.63, 3.8) is 0 Å². The molecule has 0 bridgehead atoms. The summed E-state index contributed by atoms with van der Waals surface area (Å²) in [5.41, 5.74) is 1.77. The molecule has 1 heterocycles. The van der Waals surface area contributed by atoms with E-state index in [1.165, 1.54) is 0 Å². The van der Waals surface area contributed by atoms with E-state index in [4.69, 9.17) is 14.2 Å². The average Bonchev–Trinajstić information content (AvgIpc) is 3.33. The SMILES string of the molecule is CCOCCOc1ccccc1NCC(=O)Nc1cccc(C(=O)NCC2CCCO2)c1. The number of benzene rings is 2. The molecule has 1 aliphatic heterocycles. The Bertz CT molecular complexity index is 883. The van der Waals surface area contributed by atoms with E-state index < -0.39 is 0 Å². The summed E-state index contributed by atoms with van der Waals surface area (Å²) < 4.78 is 16.5. The van der Waals surface area contributed by atoms with E-state index in [1.54, 1.807) is 24.3 Å². The zero-order valence-electron chi connectivity index (χ0n) is 18.4. The summed E-state index contributed by atoms with van der Waals surface area (Å²) >= 11 is 0. The first kappa shape index (κ1) is 23.6. The lowest BCUT2D eigenvalue weighted by Crippen LogP contribution is -2.31. The Morgan fingerprint density at radius 2 is 2.00 bits per heavy atom. The van der Waals surface area contributed by atoms with Crippen molar-refractivity contribution in [1.82, 2.24) is 5.32 Å². The van der Waals surface area contributed by atoms with E-state index >= 15 is 0 Å². The van der Waals surface area contributed by atoms with Gasteiger partial charge in [-0.15, -0.1) is 0 Å². The van der Waals surface area contributed by atoms with Gasteiger partial charge in [0.25, 0.3) is 5.91 Å². The van der Waals surface area contributed by atoms with Crippen LogP contribution in [0.3, 0.4) is 0 Å². The van der Waals surface area contributed by atoms with Crippen molar-refractivity contribution in [1.29, 1.82) is 0 Å². The number of hydrogen-bond acceptors (Lipinski definition) is 6.